The molecule has 1 unspecified atom stereocenters. The highest BCUT2D eigenvalue weighted by molar-refractivity contribution is 5.74. The summed E-state index contributed by atoms with van der Waals surface area (Å²) in [5.74, 6) is 0.0987. The Kier molecular flexibility index (Phi) is 3.25. The molecule has 3 aliphatic rings. The van der Waals surface area contributed by atoms with Crippen LogP contribution in [0.3, 0.4) is 0 Å². The third kappa shape index (κ3) is 2.48. The van der Waals surface area contributed by atoms with E-state index in [1.165, 1.54) is 0 Å². The zero-order valence-electron chi connectivity index (χ0n) is 11.6. The van der Waals surface area contributed by atoms with Crippen LogP contribution >= 0.6 is 0 Å². The van der Waals surface area contributed by atoms with Crippen molar-refractivity contribution in [1.82, 2.24) is 0 Å². The topological polar surface area (TPSA) is 52.3 Å². The van der Waals surface area contributed by atoms with E-state index in [0.29, 0.717) is 11.5 Å². The second-order valence-electron chi connectivity index (χ2n) is 6.54. The van der Waals surface area contributed by atoms with Gasteiger partial charge in [0, 0.05) is 6.04 Å². The Bertz CT molecular complexity index is 424. The summed E-state index contributed by atoms with van der Waals surface area (Å²) in [6, 6.07) is 0.369. The zero-order chi connectivity index (χ0) is 13.5. The van der Waals surface area contributed by atoms with E-state index in [-0.39, 0.29) is 18.0 Å². The largest absolute Gasteiger partial charge is 0.458 e. The van der Waals surface area contributed by atoms with Crippen LogP contribution in [-0.2, 0) is 9.53 Å². The molecule has 0 aromatic heterocycles. The number of rotatable bonds is 3. The monoisotopic (exact) mass is 261 g/mol. The van der Waals surface area contributed by atoms with E-state index < -0.39 is 0 Å². The summed E-state index contributed by atoms with van der Waals surface area (Å²) in [6.07, 6.45) is 12.6. The standard InChI is InChI=1S/C16H23NO2/c1-11(12-5-3-2-4-6-12)19-15(18)13-7-16(8-13)9-14(17)10-16/h3,5-6,11,13-14H,2,4,7-10,17H2,1H3. The summed E-state index contributed by atoms with van der Waals surface area (Å²) in [7, 11) is 0. The number of ether oxygens (including phenoxy) is 1. The van der Waals surface area contributed by atoms with Gasteiger partial charge in [-0.2, -0.15) is 0 Å². The highest BCUT2D eigenvalue weighted by Crippen LogP contribution is 2.58. The van der Waals surface area contributed by atoms with Crippen molar-refractivity contribution in [3.8, 4) is 0 Å². The van der Waals surface area contributed by atoms with E-state index >= 15 is 0 Å². The first-order chi connectivity index (χ1) is 9.08. The van der Waals surface area contributed by atoms with Gasteiger partial charge in [-0.05, 0) is 56.4 Å². The fraction of sp³-hybridized carbons (Fsp3) is 0.688. The van der Waals surface area contributed by atoms with Gasteiger partial charge in [0.2, 0.25) is 0 Å². The van der Waals surface area contributed by atoms with Gasteiger partial charge < -0.3 is 10.5 Å². The first kappa shape index (κ1) is 12.9. The molecular weight excluding hydrogens is 238 g/mol. The quantitative estimate of drug-likeness (QED) is 0.795. The Balaban J connectivity index is 1.47. The van der Waals surface area contributed by atoms with Crippen LogP contribution in [0, 0.1) is 11.3 Å². The summed E-state index contributed by atoms with van der Waals surface area (Å²) in [5.41, 5.74) is 7.37. The van der Waals surface area contributed by atoms with Crippen molar-refractivity contribution in [3.05, 3.63) is 23.8 Å². The summed E-state index contributed by atoms with van der Waals surface area (Å²) in [4.78, 5) is 12.1. The first-order valence-corrected chi connectivity index (χ1v) is 7.41. The highest BCUT2D eigenvalue weighted by Gasteiger charge is 2.54. The lowest BCUT2D eigenvalue weighted by molar-refractivity contribution is -0.165. The predicted octanol–water partition coefficient (Wildman–Crippen LogP) is 2.71. The maximum atomic E-state index is 12.1. The van der Waals surface area contributed by atoms with Crippen molar-refractivity contribution in [1.29, 1.82) is 0 Å². The van der Waals surface area contributed by atoms with Crippen LogP contribution in [0.25, 0.3) is 0 Å². The van der Waals surface area contributed by atoms with Crippen molar-refractivity contribution in [3.63, 3.8) is 0 Å². The summed E-state index contributed by atoms with van der Waals surface area (Å²) < 4.78 is 5.59. The van der Waals surface area contributed by atoms with Gasteiger partial charge >= 0.3 is 5.97 Å². The van der Waals surface area contributed by atoms with Gasteiger partial charge in [-0.3, -0.25) is 4.79 Å². The summed E-state index contributed by atoms with van der Waals surface area (Å²) in [6.45, 7) is 1.97. The maximum absolute atomic E-state index is 12.1. The van der Waals surface area contributed by atoms with Crippen molar-refractivity contribution in [2.45, 2.75) is 57.6 Å². The van der Waals surface area contributed by atoms with Crippen molar-refractivity contribution >= 4 is 5.97 Å². The minimum atomic E-state index is -0.107. The highest BCUT2D eigenvalue weighted by atomic mass is 16.5. The number of carbonyl (C=O) groups is 1. The molecule has 3 rings (SSSR count). The normalized spacial score (nSPS) is 38.1. The molecule has 2 N–H and O–H groups in total. The fourth-order valence-corrected chi connectivity index (χ4v) is 3.81. The number of carbonyl (C=O) groups excluding carboxylic acids is 1. The molecule has 0 aromatic rings. The average molecular weight is 261 g/mol. The molecule has 1 spiro atoms. The molecule has 2 fully saturated rings. The van der Waals surface area contributed by atoms with Crippen LogP contribution in [0.15, 0.2) is 23.8 Å². The van der Waals surface area contributed by atoms with E-state index in [4.69, 9.17) is 10.5 Å². The van der Waals surface area contributed by atoms with E-state index in [0.717, 1.165) is 44.1 Å². The lowest BCUT2D eigenvalue weighted by atomic mass is 9.50. The van der Waals surface area contributed by atoms with Gasteiger partial charge in [-0.25, -0.2) is 0 Å². The van der Waals surface area contributed by atoms with Crippen molar-refractivity contribution in [2.75, 3.05) is 0 Å². The Morgan fingerprint density at radius 2 is 2.11 bits per heavy atom. The van der Waals surface area contributed by atoms with Gasteiger partial charge in [0.1, 0.15) is 6.10 Å². The van der Waals surface area contributed by atoms with Gasteiger partial charge in [0.05, 0.1) is 5.92 Å². The lowest BCUT2D eigenvalue weighted by Crippen LogP contribution is -2.55. The van der Waals surface area contributed by atoms with Crippen LogP contribution in [0.2, 0.25) is 0 Å². The molecule has 104 valence electrons. The second-order valence-corrected chi connectivity index (χ2v) is 6.54. The number of allylic oxidation sites excluding steroid dienone is 2. The molecule has 2 saturated carbocycles. The molecule has 0 aliphatic heterocycles. The van der Waals surface area contributed by atoms with Crippen LogP contribution in [0.1, 0.15) is 45.4 Å². The molecule has 0 bridgehead atoms. The van der Waals surface area contributed by atoms with Gasteiger partial charge in [0.25, 0.3) is 0 Å². The fourth-order valence-electron chi connectivity index (χ4n) is 3.81. The third-order valence-corrected chi connectivity index (χ3v) is 4.87. The molecule has 3 aliphatic carbocycles. The van der Waals surface area contributed by atoms with E-state index in [1.54, 1.807) is 0 Å². The SMILES string of the molecule is CC(OC(=O)C1CC2(CC(N)C2)C1)C1=CCCC=C1. The van der Waals surface area contributed by atoms with Crippen LogP contribution in [0.5, 0.6) is 0 Å². The van der Waals surface area contributed by atoms with Crippen molar-refractivity contribution < 1.29 is 9.53 Å². The molecule has 19 heavy (non-hydrogen) atoms. The molecule has 1 atom stereocenters. The molecule has 3 nitrogen and oxygen atoms in total. The molecular formula is C16H23NO2. The Hall–Kier alpha value is -1.09. The summed E-state index contributed by atoms with van der Waals surface area (Å²) >= 11 is 0. The molecule has 3 heteroatoms. The zero-order valence-corrected chi connectivity index (χ0v) is 11.6. The molecule has 0 amide bonds. The summed E-state index contributed by atoms with van der Waals surface area (Å²) in [5, 5.41) is 0. The van der Waals surface area contributed by atoms with Crippen molar-refractivity contribution in [2.24, 2.45) is 17.1 Å². The molecule has 0 saturated heterocycles. The minimum absolute atomic E-state index is 0.0153. The Labute approximate surface area is 114 Å². The molecule has 0 aromatic carbocycles. The number of nitrogens with two attached hydrogens (primary N) is 1. The van der Waals surface area contributed by atoms with Gasteiger partial charge in [0.15, 0.2) is 0 Å². The Morgan fingerprint density at radius 1 is 1.37 bits per heavy atom. The Morgan fingerprint density at radius 3 is 2.68 bits per heavy atom. The van der Waals surface area contributed by atoms with Gasteiger partial charge in [-0.1, -0.05) is 18.2 Å². The average Bonchev–Trinajstić information content (AvgIpc) is 2.32. The van der Waals surface area contributed by atoms with E-state index in [2.05, 4.69) is 18.2 Å². The van der Waals surface area contributed by atoms with Crippen LogP contribution in [0.4, 0.5) is 0 Å². The second kappa shape index (κ2) is 4.78. The first-order valence-electron chi connectivity index (χ1n) is 7.41. The maximum Gasteiger partial charge on any atom is 0.309 e. The predicted molar refractivity (Wildman–Crippen MR) is 74.4 cm³/mol. The minimum Gasteiger partial charge on any atom is -0.458 e. The number of esters is 1. The molecule has 0 heterocycles. The van der Waals surface area contributed by atoms with E-state index in [1.807, 2.05) is 6.92 Å². The smallest absolute Gasteiger partial charge is 0.309 e. The van der Waals surface area contributed by atoms with Crippen LogP contribution < -0.4 is 5.73 Å². The number of hydrogen-bond donors (Lipinski definition) is 1. The van der Waals surface area contributed by atoms with E-state index in [9.17, 15) is 4.79 Å². The molecule has 0 radical (unpaired) electrons. The lowest BCUT2D eigenvalue weighted by Gasteiger charge is -2.56. The third-order valence-electron chi connectivity index (χ3n) is 4.87. The van der Waals surface area contributed by atoms with Crippen LogP contribution in [-0.4, -0.2) is 18.1 Å². The number of hydrogen-bond acceptors (Lipinski definition) is 3. The van der Waals surface area contributed by atoms with Gasteiger partial charge in [-0.15, -0.1) is 0 Å².